The monoisotopic (exact) mass is 233 g/mol. The van der Waals surface area contributed by atoms with E-state index in [0.29, 0.717) is 13.0 Å². The zero-order valence-corrected chi connectivity index (χ0v) is 10.9. The fourth-order valence-corrected chi connectivity index (χ4v) is 2.13. The van der Waals surface area contributed by atoms with Gasteiger partial charge in [-0.1, -0.05) is 13.8 Å². The maximum atomic E-state index is 11.0. The van der Waals surface area contributed by atoms with E-state index in [4.69, 9.17) is 4.74 Å². The van der Waals surface area contributed by atoms with Crippen molar-refractivity contribution in [1.29, 1.82) is 0 Å². The molecule has 0 aliphatic rings. The van der Waals surface area contributed by atoms with Crippen LogP contribution in [0.5, 0.6) is 0 Å². The topological polar surface area (TPSA) is 29.5 Å². The van der Waals surface area contributed by atoms with Crippen LogP contribution < -0.4 is 0 Å². The zero-order valence-electron chi connectivity index (χ0n) is 10.1. The molecule has 3 nitrogen and oxygen atoms in total. The third-order valence-corrected chi connectivity index (χ3v) is 3.17. The van der Waals surface area contributed by atoms with Crippen molar-refractivity contribution in [3.63, 3.8) is 0 Å². The molecule has 0 bridgehead atoms. The Labute approximate surface area is 97.5 Å². The Hall–Kier alpha value is -0.220. The molecule has 15 heavy (non-hydrogen) atoms. The fraction of sp³-hybridized carbons (Fsp3) is 0.909. The maximum absolute atomic E-state index is 11.0. The molecule has 0 fully saturated rings. The van der Waals surface area contributed by atoms with Crippen LogP contribution in [-0.2, 0) is 9.53 Å². The summed E-state index contributed by atoms with van der Waals surface area (Å²) in [6.07, 6.45) is 0.538. The first-order chi connectivity index (χ1) is 7.24. The molecule has 0 spiro atoms. The molecule has 4 heteroatoms. The van der Waals surface area contributed by atoms with Gasteiger partial charge in [0.25, 0.3) is 0 Å². The van der Waals surface area contributed by atoms with E-state index < -0.39 is 0 Å². The predicted molar refractivity (Wildman–Crippen MR) is 66.4 cm³/mol. The minimum atomic E-state index is -0.0761. The highest BCUT2D eigenvalue weighted by Crippen LogP contribution is 2.04. The van der Waals surface area contributed by atoms with Crippen molar-refractivity contribution in [3.8, 4) is 0 Å². The van der Waals surface area contributed by atoms with Crippen LogP contribution in [0.2, 0.25) is 0 Å². The lowest BCUT2D eigenvalue weighted by molar-refractivity contribution is -0.142. The van der Waals surface area contributed by atoms with Crippen LogP contribution in [0.3, 0.4) is 0 Å². The van der Waals surface area contributed by atoms with E-state index in [1.807, 2.05) is 18.7 Å². The van der Waals surface area contributed by atoms with Gasteiger partial charge >= 0.3 is 5.97 Å². The Balaban J connectivity index is 3.27. The molecule has 0 saturated heterocycles. The second-order valence-corrected chi connectivity index (χ2v) is 4.42. The SMILES string of the molecule is CCOC(=O)CCSCCN(CC)CC. The van der Waals surface area contributed by atoms with E-state index in [1.165, 1.54) is 0 Å². The lowest BCUT2D eigenvalue weighted by Crippen LogP contribution is -2.25. The first-order valence-electron chi connectivity index (χ1n) is 5.70. The van der Waals surface area contributed by atoms with E-state index in [1.54, 1.807) is 0 Å². The molecule has 0 saturated carbocycles. The minimum Gasteiger partial charge on any atom is -0.466 e. The van der Waals surface area contributed by atoms with Crippen molar-refractivity contribution in [2.24, 2.45) is 0 Å². The lowest BCUT2D eigenvalue weighted by Gasteiger charge is -2.17. The van der Waals surface area contributed by atoms with Gasteiger partial charge in [-0.2, -0.15) is 11.8 Å². The highest BCUT2D eigenvalue weighted by atomic mass is 32.2. The molecule has 0 atom stereocenters. The Kier molecular flexibility index (Phi) is 10.2. The molecular weight excluding hydrogens is 210 g/mol. The standard InChI is InChI=1S/C11H23NO2S/c1-4-12(5-2)8-10-15-9-7-11(13)14-6-3/h4-10H2,1-3H3. The summed E-state index contributed by atoms with van der Waals surface area (Å²) in [5.41, 5.74) is 0. The Morgan fingerprint density at radius 1 is 1.20 bits per heavy atom. The molecule has 0 N–H and O–H groups in total. The van der Waals surface area contributed by atoms with Gasteiger partial charge in [0.05, 0.1) is 13.0 Å². The normalized spacial score (nSPS) is 10.7. The number of esters is 1. The Morgan fingerprint density at radius 2 is 1.87 bits per heavy atom. The van der Waals surface area contributed by atoms with Crippen molar-refractivity contribution in [2.75, 3.05) is 37.7 Å². The van der Waals surface area contributed by atoms with Crippen molar-refractivity contribution in [1.82, 2.24) is 4.90 Å². The first kappa shape index (κ1) is 14.8. The maximum Gasteiger partial charge on any atom is 0.306 e. The number of thioether (sulfide) groups is 1. The van der Waals surface area contributed by atoms with E-state index >= 15 is 0 Å². The fourth-order valence-electron chi connectivity index (χ4n) is 1.22. The Bertz CT molecular complexity index is 161. The van der Waals surface area contributed by atoms with Gasteiger partial charge in [-0.25, -0.2) is 0 Å². The summed E-state index contributed by atoms with van der Waals surface area (Å²) in [6.45, 7) is 10.00. The van der Waals surface area contributed by atoms with Crippen molar-refractivity contribution in [2.45, 2.75) is 27.2 Å². The summed E-state index contributed by atoms with van der Waals surface area (Å²) >= 11 is 1.82. The van der Waals surface area contributed by atoms with Gasteiger partial charge in [-0.15, -0.1) is 0 Å². The quantitative estimate of drug-likeness (QED) is 0.450. The molecule has 0 radical (unpaired) electrons. The molecule has 0 aliphatic heterocycles. The van der Waals surface area contributed by atoms with Gasteiger partial charge in [-0.05, 0) is 20.0 Å². The van der Waals surface area contributed by atoms with Crippen LogP contribution in [-0.4, -0.2) is 48.6 Å². The van der Waals surface area contributed by atoms with Gasteiger partial charge in [0.15, 0.2) is 0 Å². The second-order valence-electron chi connectivity index (χ2n) is 3.19. The zero-order chi connectivity index (χ0) is 11.5. The van der Waals surface area contributed by atoms with E-state index in [9.17, 15) is 4.79 Å². The third kappa shape index (κ3) is 8.75. The van der Waals surface area contributed by atoms with E-state index in [2.05, 4.69) is 18.7 Å². The molecule has 0 aromatic carbocycles. The summed E-state index contributed by atoms with van der Waals surface area (Å²) in [4.78, 5) is 13.4. The molecule has 0 heterocycles. The third-order valence-electron chi connectivity index (χ3n) is 2.20. The van der Waals surface area contributed by atoms with E-state index in [-0.39, 0.29) is 5.97 Å². The number of hydrogen-bond acceptors (Lipinski definition) is 4. The number of hydrogen-bond donors (Lipinski definition) is 0. The van der Waals surface area contributed by atoms with Gasteiger partial charge in [0.1, 0.15) is 0 Å². The number of rotatable bonds is 9. The Morgan fingerprint density at radius 3 is 2.40 bits per heavy atom. The highest BCUT2D eigenvalue weighted by Gasteiger charge is 2.02. The number of ether oxygens (including phenoxy) is 1. The minimum absolute atomic E-state index is 0.0761. The largest absolute Gasteiger partial charge is 0.466 e. The average molecular weight is 233 g/mol. The highest BCUT2D eigenvalue weighted by molar-refractivity contribution is 7.99. The number of carbonyl (C=O) groups excluding carboxylic acids is 1. The molecule has 0 amide bonds. The first-order valence-corrected chi connectivity index (χ1v) is 6.85. The molecule has 0 rings (SSSR count). The van der Waals surface area contributed by atoms with E-state index in [0.717, 1.165) is 31.1 Å². The van der Waals surface area contributed by atoms with Gasteiger partial charge in [-0.3, -0.25) is 4.79 Å². The second kappa shape index (κ2) is 10.3. The van der Waals surface area contributed by atoms with Gasteiger partial charge in [0, 0.05) is 18.1 Å². The van der Waals surface area contributed by atoms with Crippen LogP contribution in [0, 0.1) is 0 Å². The van der Waals surface area contributed by atoms with Crippen LogP contribution >= 0.6 is 11.8 Å². The predicted octanol–water partition coefficient (Wildman–Crippen LogP) is 2.01. The van der Waals surface area contributed by atoms with Crippen LogP contribution in [0.15, 0.2) is 0 Å². The summed E-state index contributed by atoms with van der Waals surface area (Å²) in [6, 6.07) is 0. The molecule has 90 valence electrons. The molecule has 0 aromatic heterocycles. The van der Waals surface area contributed by atoms with Crippen molar-refractivity contribution in [3.05, 3.63) is 0 Å². The number of carbonyl (C=O) groups is 1. The van der Waals surface area contributed by atoms with Crippen LogP contribution in [0.25, 0.3) is 0 Å². The van der Waals surface area contributed by atoms with Gasteiger partial charge in [0.2, 0.25) is 0 Å². The van der Waals surface area contributed by atoms with Crippen LogP contribution in [0.1, 0.15) is 27.2 Å². The van der Waals surface area contributed by atoms with Crippen molar-refractivity contribution >= 4 is 17.7 Å². The molecule has 0 aliphatic carbocycles. The summed E-state index contributed by atoms with van der Waals surface area (Å²) in [5.74, 6) is 1.90. The molecular formula is C11H23NO2S. The summed E-state index contributed by atoms with van der Waals surface area (Å²) in [5, 5.41) is 0. The average Bonchev–Trinajstić information content (AvgIpc) is 2.24. The van der Waals surface area contributed by atoms with Crippen molar-refractivity contribution < 1.29 is 9.53 Å². The van der Waals surface area contributed by atoms with Crippen LogP contribution in [0.4, 0.5) is 0 Å². The number of nitrogens with zero attached hydrogens (tertiary/aromatic N) is 1. The smallest absolute Gasteiger partial charge is 0.306 e. The summed E-state index contributed by atoms with van der Waals surface area (Å²) < 4.78 is 4.85. The molecule has 0 unspecified atom stereocenters. The molecule has 0 aromatic rings. The van der Waals surface area contributed by atoms with Gasteiger partial charge < -0.3 is 9.64 Å². The lowest BCUT2D eigenvalue weighted by atomic mass is 10.5. The summed E-state index contributed by atoms with van der Waals surface area (Å²) in [7, 11) is 0.